The van der Waals surface area contributed by atoms with Crippen molar-refractivity contribution in [2.45, 2.75) is 19.9 Å². The minimum absolute atomic E-state index is 0.721. The molecule has 0 spiro atoms. The number of rotatable bonds is 5. The smallest absolute Gasteiger partial charge is 0.173 e. The molecule has 0 bridgehead atoms. The Morgan fingerprint density at radius 2 is 1.71 bits per heavy atom. The molecule has 0 atom stereocenters. The molecule has 0 radical (unpaired) electrons. The zero-order valence-corrected chi connectivity index (χ0v) is 16.6. The largest absolute Gasteiger partial charge is 0.345 e. The van der Waals surface area contributed by atoms with Crippen LogP contribution < -0.4 is 5.32 Å². The number of hydrogen-bond donors (Lipinski definition) is 1. The molecule has 0 aliphatic carbocycles. The molecule has 140 valence electrons. The van der Waals surface area contributed by atoms with Crippen molar-refractivity contribution in [2.75, 3.05) is 11.9 Å². The maximum atomic E-state index is 5.79. The summed E-state index contributed by atoms with van der Waals surface area (Å²) in [5.41, 5.74) is 4.00. The summed E-state index contributed by atoms with van der Waals surface area (Å²) in [6, 6.07) is 20.5. The van der Waals surface area contributed by atoms with E-state index in [1.54, 1.807) is 12.4 Å². The lowest BCUT2D eigenvalue weighted by atomic mass is 10.1. The summed E-state index contributed by atoms with van der Waals surface area (Å²) in [4.78, 5) is 11.3. The van der Waals surface area contributed by atoms with Gasteiger partial charge in [-0.15, -0.1) is 0 Å². The van der Waals surface area contributed by atoms with Gasteiger partial charge in [0.1, 0.15) is 0 Å². The van der Waals surface area contributed by atoms with Crippen molar-refractivity contribution < 1.29 is 0 Å². The normalized spacial score (nSPS) is 10.9. The molecule has 0 saturated carbocycles. The lowest BCUT2D eigenvalue weighted by Gasteiger charge is -2.26. The topological polar surface area (TPSA) is 41.0 Å². The summed E-state index contributed by atoms with van der Waals surface area (Å²) in [6.45, 7) is 3.85. The van der Waals surface area contributed by atoms with Crippen molar-refractivity contribution in [3.63, 3.8) is 0 Å². The Balaban J connectivity index is 1.68. The summed E-state index contributed by atoms with van der Waals surface area (Å²) < 4.78 is 0. The van der Waals surface area contributed by atoms with Gasteiger partial charge in [0.05, 0.1) is 16.7 Å². The molecule has 2 aromatic carbocycles. The quantitative estimate of drug-likeness (QED) is 0.368. The molecule has 1 N–H and O–H groups in total. The predicted octanol–water partition coefficient (Wildman–Crippen LogP) is 5.39. The third-order valence-electron chi connectivity index (χ3n) is 4.70. The maximum absolute atomic E-state index is 5.79. The van der Waals surface area contributed by atoms with Gasteiger partial charge in [-0.3, -0.25) is 9.97 Å². The second kappa shape index (κ2) is 8.31. The van der Waals surface area contributed by atoms with Crippen molar-refractivity contribution in [1.29, 1.82) is 0 Å². The van der Waals surface area contributed by atoms with Crippen molar-refractivity contribution in [1.82, 2.24) is 14.9 Å². The Morgan fingerprint density at radius 1 is 0.964 bits per heavy atom. The van der Waals surface area contributed by atoms with E-state index >= 15 is 0 Å². The third kappa shape index (κ3) is 3.80. The van der Waals surface area contributed by atoms with Crippen LogP contribution in [0.5, 0.6) is 0 Å². The molecule has 0 saturated heterocycles. The van der Waals surface area contributed by atoms with E-state index in [0.29, 0.717) is 0 Å². The minimum Gasteiger partial charge on any atom is -0.345 e. The van der Waals surface area contributed by atoms with Gasteiger partial charge < -0.3 is 10.2 Å². The number of nitrogens with one attached hydrogen (secondary N) is 1. The van der Waals surface area contributed by atoms with Crippen LogP contribution in [0.1, 0.15) is 18.9 Å². The summed E-state index contributed by atoms with van der Waals surface area (Å²) in [7, 11) is 0. The molecule has 5 heteroatoms. The van der Waals surface area contributed by atoms with Crippen molar-refractivity contribution >= 4 is 44.8 Å². The van der Waals surface area contributed by atoms with Crippen molar-refractivity contribution in [2.24, 2.45) is 0 Å². The molecule has 0 aliphatic heterocycles. The van der Waals surface area contributed by atoms with E-state index in [4.69, 9.17) is 12.2 Å². The SMILES string of the molecule is CCCN(Cc1ccccc1)C(=S)Nc1cc2cccnc2c2ncccc12. The molecule has 2 aromatic heterocycles. The Morgan fingerprint density at radius 3 is 2.50 bits per heavy atom. The Hall–Kier alpha value is -3.05. The fourth-order valence-corrected chi connectivity index (χ4v) is 3.67. The highest BCUT2D eigenvalue weighted by atomic mass is 32.1. The van der Waals surface area contributed by atoms with E-state index in [1.807, 2.05) is 18.2 Å². The standard InChI is InChI=1S/C23H22N4S/c1-2-14-27(16-17-8-4-3-5-9-17)23(28)26-20-15-18-10-6-12-24-21(18)22-19(20)11-7-13-25-22/h3-13,15H,2,14,16H2,1H3,(H,26,28). The number of benzene rings is 2. The predicted molar refractivity (Wildman–Crippen MR) is 120 cm³/mol. The van der Waals surface area contributed by atoms with Gasteiger partial charge in [0.25, 0.3) is 0 Å². The van der Waals surface area contributed by atoms with E-state index in [-0.39, 0.29) is 0 Å². The number of pyridine rings is 2. The van der Waals surface area contributed by atoms with E-state index in [1.165, 1.54) is 5.56 Å². The highest BCUT2D eigenvalue weighted by molar-refractivity contribution is 7.80. The average Bonchev–Trinajstić information content (AvgIpc) is 2.74. The van der Waals surface area contributed by atoms with Gasteiger partial charge in [0.2, 0.25) is 0 Å². The Labute approximate surface area is 170 Å². The first kappa shape index (κ1) is 18.3. The first-order chi connectivity index (χ1) is 13.8. The Kier molecular flexibility index (Phi) is 5.44. The van der Waals surface area contributed by atoms with Gasteiger partial charge in [-0.25, -0.2) is 0 Å². The first-order valence-corrected chi connectivity index (χ1v) is 9.89. The summed E-state index contributed by atoms with van der Waals surface area (Å²) >= 11 is 5.79. The van der Waals surface area contributed by atoms with E-state index in [9.17, 15) is 0 Å². The molecule has 0 aliphatic rings. The van der Waals surface area contributed by atoms with Crippen LogP contribution in [0.4, 0.5) is 5.69 Å². The molecule has 0 amide bonds. The van der Waals surface area contributed by atoms with Gasteiger partial charge in [-0.05, 0) is 48.5 Å². The minimum atomic E-state index is 0.721. The molecular formula is C23H22N4S. The van der Waals surface area contributed by atoms with E-state index in [0.717, 1.165) is 52.1 Å². The number of anilines is 1. The second-order valence-electron chi connectivity index (χ2n) is 6.74. The van der Waals surface area contributed by atoms with Crippen LogP contribution in [0.25, 0.3) is 21.8 Å². The van der Waals surface area contributed by atoms with Crippen LogP contribution in [0, 0.1) is 0 Å². The maximum Gasteiger partial charge on any atom is 0.173 e. The molecular weight excluding hydrogens is 364 g/mol. The van der Waals surface area contributed by atoms with Crippen LogP contribution in [-0.2, 0) is 6.54 Å². The highest BCUT2D eigenvalue weighted by Gasteiger charge is 2.13. The van der Waals surface area contributed by atoms with Crippen LogP contribution in [-0.4, -0.2) is 26.5 Å². The Bertz CT molecular complexity index is 1110. The number of aromatic nitrogens is 2. The molecule has 4 aromatic rings. The summed E-state index contributed by atoms with van der Waals surface area (Å²) in [5, 5.41) is 6.26. The number of fused-ring (bicyclic) bond motifs is 3. The summed E-state index contributed by atoms with van der Waals surface area (Å²) in [5.74, 6) is 0. The molecule has 0 unspecified atom stereocenters. The second-order valence-corrected chi connectivity index (χ2v) is 7.12. The number of thiocarbonyl (C=S) groups is 1. The van der Waals surface area contributed by atoms with Crippen molar-refractivity contribution in [3.05, 3.63) is 78.6 Å². The third-order valence-corrected chi connectivity index (χ3v) is 5.06. The van der Waals surface area contributed by atoms with Gasteiger partial charge in [-0.2, -0.15) is 0 Å². The molecule has 2 heterocycles. The fraction of sp³-hybridized carbons (Fsp3) is 0.174. The molecule has 4 nitrogen and oxygen atoms in total. The zero-order valence-electron chi connectivity index (χ0n) is 15.8. The fourth-order valence-electron chi connectivity index (χ4n) is 3.40. The van der Waals surface area contributed by atoms with Gasteiger partial charge >= 0.3 is 0 Å². The van der Waals surface area contributed by atoms with Crippen LogP contribution in [0.3, 0.4) is 0 Å². The van der Waals surface area contributed by atoms with Gasteiger partial charge in [0, 0.05) is 36.3 Å². The lowest BCUT2D eigenvalue weighted by Crippen LogP contribution is -2.34. The molecule has 0 fully saturated rings. The van der Waals surface area contributed by atoms with Crippen LogP contribution in [0.2, 0.25) is 0 Å². The monoisotopic (exact) mass is 386 g/mol. The van der Waals surface area contributed by atoms with Gasteiger partial charge in [-0.1, -0.05) is 43.3 Å². The zero-order chi connectivity index (χ0) is 19.3. The molecule has 4 rings (SSSR count). The average molecular weight is 387 g/mol. The highest BCUT2D eigenvalue weighted by Crippen LogP contribution is 2.29. The van der Waals surface area contributed by atoms with Crippen molar-refractivity contribution in [3.8, 4) is 0 Å². The van der Waals surface area contributed by atoms with E-state index < -0.39 is 0 Å². The lowest BCUT2D eigenvalue weighted by molar-refractivity contribution is 0.418. The number of nitrogens with zero attached hydrogens (tertiary/aromatic N) is 3. The molecule has 28 heavy (non-hydrogen) atoms. The number of hydrogen-bond acceptors (Lipinski definition) is 3. The first-order valence-electron chi connectivity index (χ1n) is 9.48. The summed E-state index contributed by atoms with van der Waals surface area (Å²) in [6.07, 6.45) is 4.63. The van der Waals surface area contributed by atoms with Gasteiger partial charge in [0.15, 0.2) is 5.11 Å². The van der Waals surface area contributed by atoms with Crippen LogP contribution >= 0.6 is 12.2 Å². The van der Waals surface area contributed by atoms with E-state index in [2.05, 4.69) is 69.6 Å². The van der Waals surface area contributed by atoms with Crippen LogP contribution in [0.15, 0.2) is 73.1 Å².